The third-order valence-corrected chi connectivity index (χ3v) is 5.97. The molecular weight excluding hydrogens is 447 g/mol. The summed E-state index contributed by atoms with van der Waals surface area (Å²) >= 11 is 0. The zero-order chi connectivity index (χ0) is 23.3. The number of amides is 1. The molecular formula is C23H19FN4O4S. The Bertz CT molecular complexity index is 1360. The molecule has 0 atom stereocenters. The van der Waals surface area contributed by atoms with Crippen molar-refractivity contribution in [1.29, 1.82) is 0 Å². The number of sulfonamides is 1. The minimum atomic E-state index is -3.89. The molecule has 168 valence electrons. The van der Waals surface area contributed by atoms with E-state index in [-0.39, 0.29) is 22.9 Å². The highest BCUT2D eigenvalue weighted by Crippen LogP contribution is 2.26. The van der Waals surface area contributed by atoms with Gasteiger partial charge in [-0.1, -0.05) is 24.3 Å². The molecule has 2 N–H and O–H groups in total. The summed E-state index contributed by atoms with van der Waals surface area (Å²) in [5, 5.41) is 10.6. The number of nitrogens with one attached hydrogen (secondary N) is 2. The maximum Gasteiger partial charge on any atom is 0.261 e. The maximum absolute atomic E-state index is 12.8. The number of carbonyl (C=O) groups excluding carboxylic acids is 1. The fourth-order valence-corrected chi connectivity index (χ4v) is 4.05. The normalized spacial score (nSPS) is 11.2. The third kappa shape index (κ3) is 5.42. The SMILES string of the molecule is O=C(CCF)Nc1cccc(NS(=O)(=O)c2ccc(-c3nnc(-c4ccccc4)o3)cc2)c1. The van der Waals surface area contributed by atoms with Crippen LogP contribution in [0.5, 0.6) is 0 Å². The predicted octanol–water partition coefficient (Wildman–Crippen LogP) is 4.50. The average Bonchev–Trinajstić information content (AvgIpc) is 3.30. The van der Waals surface area contributed by atoms with E-state index >= 15 is 0 Å². The van der Waals surface area contributed by atoms with Gasteiger partial charge in [-0.25, -0.2) is 8.42 Å². The first-order valence-corrected chi connectivity index (χ1v) is 11.4. The van der Waals surface area contributed by atoms with Crippen molar-refractivity contribution >= 4 is 27.3 Å². The van der Waals surface area contributed by atoms with Crippen molar-refractivity contribution in [3.63, 3.8) is 0 Å². The van der Waals surface area contributed by atoms with Crippen LogP contribution in [0.4, 0.5) is 15.8 Å². The van der Waals surface area contributed by atoms with Gasteiger partial charge in [-0.15, -0.1) is 10.2 Å². The van der Waals surface area contributed by atoms with Gasteiger partial charge in [0.2, 0.25) is 17.7 Å². The predicted molar refractivity (Wildman–Crippen MR) is 122 cm³/mol. The van der Waals surface area contributed by atoms with Crippen LogP contribution >= 0.6 is 0 Å². The standard InChI is InChI=1S/C23H19FN4O4S/c24-14-13-21(29)25-18-7-4-8-19(15-18)28-33(30,31)20-11-9-17(10-12-20)23-27-26-22(32-23)16-5-2-1-3-6-16/h1-12,15,28H,13-14H2,(H,25,29). The van der Waals surface area contributed by atoms with E-state index in [4.69, 9.17) is 4.42 Å². The lowest BCUT2D eigenvalue weighted by molar-refractivity contribution is -0.116. The summed E-state index contributed by atoms with van der Waals surface area (Å²) in [5.74, 6) is 0.134. The topological polar surface area (TPSA) is 114 Å². The molecule has 0 saturated heterocycles. The molecule has 1 aromatic heterocycles. The fraction of sp³-hybridized carbons (Fsp3) is 0.0870. The van der Waals surface area contributed by atoms with Crippen molar-refractivity contribution in [3.8, 4) is 22.9 Å². The third-order valence-electron chi connectivity index (χ3n) is 4.58. The Balaban J connectivity index is 1.49. The van der Waals surface area contributed by atoms with E-state index in [0.717, 1.165) is 5.56 Å². The van der Waals surface area contributed by atoms with Gasteiger partial charge in [0.25, 0.3) is 10.0 Å². The van der Waals surface area contributed by atoms with Gasteiger partial charge in [-0.2, -0.15) is 0 Å². The highest BCUT2D eigenvalue weighted by atomic mass is 32.2. The smallest absolute Gasteiger partial charge is 0.261 e. The number of alkyl halides is 1. The molecule has 1 amide bonds. The first-order chi connectivity index (χ1) is 15.9. The van der Waals surface area contributed by atoms with Crippen molar-refractivity contribution in [3.05, 3.63) is 78.9 Å². The van der Waals surface area contributed by atoms with E-state index in [0.29, 0.717) is 17.1 Å². The largest absolute Gasteiger partial charge is 0.416 e. The van der Waals surface area contributed by atoms with Crippen molar-refractivity contribution < 1.29 is 22.0 Å². The molecule has 0 aliphatic rings. The van der Waals surface area contributed by atoms with Gasteiger partial charge >= 0.3 is 0 Å². The molecule has 0 spiro atoms. The van der Waals surface area contributed by atoms with Gasteiger partial charge < -0.3 is 9.73 Å². The van der Waals surface area contributed by atoms with Gasteiger partial charge in [0.05, 0.1) is 23.7 Å². The number of halogens is 1. The second-order valence-corrected chi connectivity index (χ2v) is 8.66. The summed E-state index contributed by atoms with van der Waals surface area (Å²) in [6.45, 7) is -0.773. The van der Waals surface area contributed by atoms with Gasteiger partial charge in [0.15, 0.2) is 0 Å². The lowest BCUT2D eigenvalue weighted by Gasteiger charge is -2.10. The Morgan fingerprint density at radius 1 is 0.848 bits per heavy atom. The van der Waals surface area contributed by atoms with Crippen molar-refractivity contribution in [1.82, 2.24) is 10.2 Å². The highest BCUT2D eigenvalue weighted by Gasteiger charge is 2.16. The second-order valence-electron chi connectivity index (χ2n) is 6.98. The van der Waals surface area contributed by atoms with Crippen LogP contribution in [0, 0.1) is 0 Å². The van der Waals surface area contributed by atoms with E-state index in [9.17, 15) is 17.6 Å². The van der Waals surface area contributed by atoms with E-state index in [1.54, 1.807) is 30.3 Å². The number of carbonyl (C=O) groups is 1. The quantitative estimate of drug-likeness (QED) is 0.395. The molecule has 3 aromatic carbocycles. The lowest BCUT2D eigenvalue weighted by atomic mass is 10.2. The number of hydrogen-bond acceptors (Lipinski definition) is 6. The van der Waals surface area contributed by atoms with Crippen LogP contribution in [-0.2, 0) is 14.8 Å². The first-order valence-electron chi connectivity index (χ1n) is 9.93. The average molecular weight is 466 g/mol. The number of aromatic nitrogens is 2. The summed E-state index contributed by atoms with van der Waals surface area (Å²) in [7, 11) is -3.89. The van der Waals surface area contributed by atoms with Crippen LogP contribution in [0.1, 0.15) is 6.42 Å². The van der Waals surface area contributed by atoms with Crippen molar-refractivity contribution in [2.75, 3.05) is 16.7 Å². The number of hydrogen-bond donors (Lipinski definition) is 2. The van der Waals surface area contributed by atoms with E-state index in [1.807, 2.05) is 30.3 Å². The van der Waals surface area contributed by atoms with Gasteiger partial charge in [-0.05, 0) is 54.6 Å². The van der Waals surface area contributed by atoms with Gasteiger partial charge in [0, 0.05) is 16.8 Å². The minimum absolute atomic E-state index is 0.0286. The van der Waals surface area contributed by atoms with Crippen LogP contribution in [0.2, 0.25) is 0 Å². The minimum Gasteiger partial charge on any atom is -0.416 e. The van der Waals surface area contributed by atoms with Gasteiger partial charge in [-0.3, -0.25) is 13.9 Å². The van der Waals surface area contributed by atoms with E-state index < -0.39 is 22.6 Å². The summed E-state index contributed by atoms with van der Waals surface area (Å²) in [5.41, 5.74) is 1.96. The molecule has 0 aliphatic heterocycles. The zero-order valence-corrected chi connectivity index (χ0v) is 18.0. The molecule has 0 radical (unpaired) electrons. The van der Waals surface area contributed by atoms with Crippen molar-refractivity contribution in [2.24, 2.45) is 0 Å². The molecule has 0 aliphatic carbocycles. The molecule has 0 bridgehead atoms. The Kier molecular flexibility index (Phi) is 6.45. The lowest BCUT2D eigenvalue weighted by Crippen LogP contribution is -2.14. The van der Waals surface area contributed by atoms with Crippen LogP contribution in [0.25, 0.3) is 22.9 Å². The Hall–Kier alpha value is -4.05. The molecule has 8 nitrogen and oxygen atoms in total. The van der Waals surface area contributed by atoms with E-state index in [1.165, 1.54) is 18.2 Å². The monoisotopic (exact) mass is 466 g/mol. The zero-order valence-electron chi connectivity index (χ0n) is 17.2. The van der Waals surface area contributed by atoms with Crippen LogP contribution in [0.15, 0.2) is 88.2 Å². The molecule has 4 aromatic rings. The van der Waals surface area contributed by atoms with Gasteiger partial charge in [0.1, 0.15) is 0 Å². The fourth-order valence-electron chi connectivity index (χ4n) is 3.00. The Morgan fingerprint density at radius 3 is 2.15 bits per heavy atom. The highest BCUT2D eigenvalue weighted by molar-refractivity contribution is 7.92. The molecule has 4 rings (SSSR count). The van der Waals surface area contributed by atoms with Crippen LogP contribution in [0.3, 0.4) is 0 Å². The second kappa shape index (κ2) is 9.61. The molecule has 0 unspecified atom stereocenters. The number of rotatable bonds is 8. The van der Waals surface area contributed by atoms with Crippen molar-refractivity contribution in [2.45, 2.75) is 11.3 Å². The Morgan fingerprint density at radius 2 is 1.48 bits per heavy atom. The number of benzene rings is 3. The number of nitrogens with zero attached hydrogens (tertiary/aromatic N) is 2. The van der Waals surface area contributed by atoms with E-state index in [2.05, 4.69) is 20.2 Å². The summed E-state index contributed by atoms with van der Waals surface area (Å²) < 4.78 is 46.0. The molecule has 33 heavy (non-hydrogen) atoms. The molecule has 1 heterocycles. The number of anilines is 2. The maximum atomic E-state index is 12.8. The van der Waals surface area contributed by atoms with Crippen LogP contribution in [-0.4, -0.2) is 31.2 Å². The summed E-state index contributed by atoms with van der Waals surface area (Å²) in [6.07, 6.45) is -0.269. The Labute approximate surface area is 189 Å². The molecule has 10 heteroatoms. The molecule has 0 fully saturated rings. The van der Waals surface area contributed by atoms with Crippen LogP contribution < -0.4 is 10.0 Å². The molecule has 0 saturated carbocycles. The summed E-state index contributed by atoms with van der Waals surface area (Å²) in [4.78, 5) is 11.6. The first kappa shape index (κ1) is 22.2. The summed E-state index contributed by atoms with van der Waals surface area (Å²) in [6, 6.07) is 21.4.